The molecule has 0 atom stereocenters. The topological polar surface area (TPSA) is 82.3 Å². The Bertz CT molecular complexity index is 1030. The van der Waals surface area contributed by atoms with Gasteiger partial charge in [0.05, 0.1) is 17.5 Å². The minimum absolute atomic E-state index is 0.0398. The fraction of sp³-hybridized carbons (Fsp3) is 0.211. The molecule has 3 rings (SSSR count). The average Bonchev–Trinajstić information content (AvgIpc) is 2.90. The number of carbonyl (C=O) groups is 2. The highest BCUT2D eigenvalue weighted by Gasteiger charge is 2.13. The molecule has 0 aliphatic carbocycles. The number of para-hydroxylation sites is 2. The Labute approximate surface area is 149 Å². The van der Waals surface area contributed by atoms with Crippen molar-refractivity contribution in [3.63, 3.8) is 0 Å². The molecule has 7 heteroatoms. The fourth-order valence-electron chi connectivity index (χ4n) is 2.81. The van der Waals surface area contributed by atoms with Gasteiger partial charge >= 0.3 is 11.7 Å². The summed E-state index contributed by atoms with van der Waals surface area (Å²) >= 11 is 0. The second-order valence-electron chi connectivity index (χ2n) is 5.81. The van der Waals surface area contributed by atoms with E-state index in [1.165, 1.54) is 13.1 Å². The second kappa shape index (κ2) is 7.26. The molecule has 134 valence electrons. The number of esters is 1. The van der Waals surface area contributed by atoms with Crippen molar-refractivity contribution in [3.8, 4) is 5.75 Å². The molecule has 0 unspecified atom stereocenters. The van der Waals surface area contributed by atoms with Crippen LogP contribution < -0.4 is 15.7 Å². The second-order valence-corrected chi connectivity index (χ2v) is 5.81. The molecule has 1 amide bonds. The molecule has 0 aliphatic rings. The van der Waals surface area contributed by atoms with Crippen LogP contribution in [-0.4, -0.2) is 28.1 Å². The molecule has 2 aromatic carbocycles. The lowest BCUT2D eigenvalue weighted by Gasteiger charge is -2.07. The van der Waals surface area contributed by atoms with Gasteiger partial charge in [-0.15, -0.1) is 0 Å². The summed E-state index contributed by atoms with van der Waals surface area (Å²) < 4.78 is 8.39. The van der Waals surface area contributed by atoms with Crippen molar-refractivity contribution in [1.29, 1.82) is 0 Å². The van der Waals surface area contributed by atoms with Crippen LogP contribution in [0.1, 0.15) is 16.8 Å². The van der Waals surface area contributed by atoms with Gasteiger partial charge in [0.1, 0.15) is 5.75 Å². The van der Waals surface area contributed by atoms with Crippen molar-refractivity contribution in [2.45, 2.75) is 13.0 Å². The summed E-state index contributed by atoms with van der Waals surface area (Å²) in [5, 5.41) is 2.51. The number of hydrogen-bond donors (Lipinski definition) is 1. The van der Waals surface area contributed by atoms with Crippen molar-refractivity contribution in [2.24, 2.45) is 7.05 Å². The number of hydrogen-bond acceptors (Lipinski definition) is 4. The first kappa shape index (κ1) is 17.5. The first-order chi connectivity index (χ1) is 12.5. The molecule has 1 aromatic heterocycles. The molecule has 1 heterocycles. The van der Waals surface area contributed by atoms with Crippen LogP contribution in [0.2, 0.25) is 0 Å². The van der Waals surface area contributed by atoms with Gasteiger partial charge in [-0.05, 0) is 30.3 Å². The Morgan fingerprint density at radius 3 is 2.54 bits per heavy atom. The highest BCUT2D eigenvalue weighted by Crippen LogP contribution is 2.15. The zero-order chi connectivity index (χ0) is 18.7. The number of benzene rings is 2. The third-order valence-electron chi connectivity index (χ3n) is 4.15. The molecule has 0 spiro atoms. The van der Waals surface area contributed by atoms with Gasteiger partial charge in [-0.1, -0.05) is 18.2 Å². The van der Waals surface area contributed by atoms with E-state index in [9.17, 15) is 14.4 Å². The molecule has 0 radical (unpaired) electrons. The first-order valence-electron chi connectivity index (χ1n) is 8.18. The van der Waals surface area contributed by atoms with E-state index in [0.29, 0.717) is 11.3 Å². The molecule has 0 fully saturated rings. The van der Waals surface area contributed by atoms with Gasteiger partial charge in [0, 0.05) is 26.2 Å². The summed E-state index contributed by atoms with van der Waals surface area (Å²) in [4.78, 5) is 36.1. The van der Waals surface area contributed by atoms with Crippen molar-refractivity contribution in [2.75, 3.05) is 7.05 Å². The number of rotatable bonds is 5. The van der Waals surface area contributed by atoms with E-state index in [4.69, 9.17) is 4.74 Å². The van der Waals surface area contributed by atoms with Crippen LogP contribution in [0.4, 0.5) is 0 Å². The average molecular weight is 353 g/mol. The molecular weight excluding hydrogens is 334 g/mol. The molecule has 7 nitrogen and oxygen atoms in total. The van der Waals surface area contributed by atoms with Crippen LogP contribution in [0.5, 0.6) is 5.75 Å². The van der Waals surface area contributed by atoms with Crippen molar-refractivity contribution < 1.29 is 14.3 Å². The van der Waals surface area contributed by atoms with E-state index in [2.05, 4.69) is 5.32 Å². The van der Waals surface area contributed by atoms with Crippen molar-refractivity contribution in [3.05, 3.63) is 64.6 Å². The first-order valence-corrected chi connectivity index (χ1v) is 8.18. The predicted octanol–water partition coefficient (Wildman–Crippen LogP) is 1.70. The minimum atomic E-state index is -0.473. The third kappa shape index (κ3) is 3.37. The van der Waals surface area contributed by atoms with Crippen LogP contribution in [0, 0.1) is 0 Å². The number of carbonyl (C=O) groups excluding carboxylic acids is 2. The molecular formula is C19H19N3O4. The van der Waals surface area contributed by atoms with E-state index in [-0.39, 0.29) is 24.6 Å². The van der Waals surface area contributed by atoms with Crippen LogP contribution in [0.15, 0.2) is 53.3 Å². The summed E-state index contributed by atoms with van der Waals surface area (Å²) in [7, 11) is 3.23. The van der Waals surface area contributed by atoms with Gasteiger partial charge in [-0.25, -0.2) is 4.79 Å². The number of nitrogens with zero attached hydrogens (tertiary/aromatic N) is 2. The lowest BCUT2D eigenvalue weighted by molar-refractivity contribution is -0.134. The Balaban J connectivity index is 1.72. The minimum Gasteiger partial charge on any atom is -0.426 e. The largest absolute Gasteiger partial charge is 0.426 e. The predicted molar refractivity (Wildman–Crippen MR) is 97.3 cm³/mol. The standard InChI is InChI=1S/C19H19N3O4/c1-20-18(24)13-6-5-7-14(12-13)26-17(23)10-11-22-16-9-4-3-8-15(16)21(2)19(22)25/h3-9,12H,10-11H2,1-2H3,(H,20,24). The molecule has 1 N–H and O–H groups in total. The van der Waals surface area contributed by atoms with Crippen LogP contribution >= 0.6 is 0 Å². The van der Waals surface area contributed by atoms with Crippen molar-refractivity contribution >= 4 is 22.9 Å². The fourth-order valence-corrected chi connectivity index (χ4v) is 2.81. The Morgan fingerprint density at radius 1 is 1.08 bits per heavy atom. The van der Waals surface area contributed by atoms with Crippen LogP contribution in [0.25, 0.3) is 11.0 Å². The molecule has 3 aromatic rings. The van der Waals surface area contributed by atoms with Gasteiger partial charge in [0.25, 0.3) is 5.91 Å². The molecule has 0 saturated heterocycles. The van der Waals surface area contributed by atoms with Crippen molar-refractivity contribution in [1.82, 2.24) is 14.5 Å². The number of ether oxygens (including phenoxy) is 1. The van der Waals surface area contributed by atoms with Crippen LogP contribution in [0.3, 0.4) is 0 Å². The van der Waals surface area contributed by atoms with E-state index >= 15 is 0 Å². The van der Waals surface area contributed by atoms with E-state index in [1.807, 2.05) is 24.3 Å². The maximum atomic E-state index is 12.3. The number of fused-ring (bicyclic) bond motifs is 1. The summed E-state index contributed by atoms with van der Waals surface area (Å²) in [6.07, 6.45) is 0.0398. The van der Waals surface area contributed by atoms with Gasteiger partial charge in [0.2, 0.25) is 0 Å². The highest BCUT2D eigenvalue weighted by molar-refractivity contribution is 5.94. The molecule has 0 bridgehead atoms. The summed E-state index contributed by atoms with van der Waals surface area (Å²) in [6, 6.07) is 13.8. The maximum absolute atomic E-state index is 12.3. The van der Waals surface area contributed by atoms with E-state index in [0.717, 1.165) is 11.0 Å². The lowest BCUT2D eigenvalue weighted by Crippen LogP contribution is -2.24. The Kier molecular flexibility index (Phi) is 4.88. The van der Waals surface area contributed by atoms with Gasteiger partial charge < -0.3 is 10.1 Å². The number of nitrogens with one attached hydrogen (secondary N) is 1. The zero-order valence-corrected chi connectivity index (χ0v) is 14.6. The lowest BCUT2D eigenvalue weighted by atomic mass is 10.2. The van der Waals surface area contributed by atoms with Gasteiger partial charge in [-0.3, -0.25) is 18.7 Å². The Morgan fingerprint density at radius 2 is 1.81 bits per heavy atom. The summed E-state index contributed by atoms with van der Waals surface area (Å²) in [6.45, 7) is 0.216. The summed E-state index contributed by atoms with van der Waals surface area (Å²) in [5.41, 5.74) is 1.81. The maximum Gasteiger partial charge on any atom is 0.328 e. The van der Waals surface area contributed by atoms with Gasteiger partial charge in [-0.2, -0.15) is 0 Å². The SMILES string of the molecule is CNC(=O)c1cccc(OC(=O)CCn2c(=O)n(C)c3ccccc32)c1. The zero-order valence-electron chi connectivity index (χ0n) is 14.6. The molecule has 0 aliphatic heterocycles. The monoisotopic (exact) mass is 353 g/mol. The quantitative estimate of drug-likeness (QED) is 0.559. The van der Waals surface area contributed by atoms with E-state index in [1.54, 1.807) is 34.4 Å². The normalized spacial score (nSPS) is 10.7. The Hall–Kier alpha value is -3.35. The highest BCUT2D eigenvalue weighted by atomic mass is 16.5. The number of aromatic nitrogens is 2. The smallest absolute Gasteiger partial charge is 0.328 e. The number of imidazole rings is 1. The van der Waals surface area contributed by atoms with Crippen LogP contribution in [-0.2, 0) is 18.4 Å². The van der Waals surface area contributed by atoms with Gasteiger partial charge in [0.15, 0.2) is 0 Å². The number of aryl methyl sites for hydroxylation is 2. The third-order valence-corrected chi connectivity index (χ3v) is 4.15. The number of amides is 1. The summed E-state index contributed by atoms with van der Waals surface area (Å²) in [5.74, 6) is -0.439. The molecule has 26 heavy (non-hydrogen) atoms. The van der Waals surface area contributed by atoms with E-state index < -0.39 is 5.97 Å². The molecule has 0 saturated carbocycles.